The minimum Gasteiger partial charge on any atom is -0.493 e. The Labute approximate surface area is 96.3 Å². The molecule has 16 heavy (non-hydrogen) atoms. The smallest absolute Gasteiger partial charge is 0.160 e. The van der Waals surface area contributed by atoms with Gasteiger partial charge in [-0.3, -0.25) is 0 Å². The molecule has 3 nitrogen and oxygen atoms in total. The molecular formula is C13H18O3. The molecule has 1 aromatic rings. The molecule has 1 aliphatic rings. The first kappa shape index (κ1) is 11.3. The Morgan fingerprint density at radius 3 is 2.44 bits per heavy atom. The Hall–Kier alpha value is -1.22. The third kappa shape index (κ3) is 2.14. The summed E-state index contributed by atoms with van der Waals surface area (Å²) in [7, 11) is 3.30. The van der Waals surface area contributed by atoms with Gasteiger partial charge in [0.25, 0.3) is 0 Å². The molecule has 0 amide bonds. The number of rotatable bonds is 4. The molecule has 1 saturated heterocycles. The summed E-state index contributed by atoms with van der Waals surface area (Å²) in [6.45, 7) is 3.02. The van der Waals surface area contributed by atoms with E-state index in [0.717, 1.165) is 30.9 Å². The standard InChI is InChI=1S/C13H18O3/c1-13(6-7-16-13)9-10-4-5-11(14-2)12(8-10)15-3/h4-5,8H,6-7,9H2,1-3H3. The quantitative estimate of drug-likeness (QED) is 0.783. The third-order valence-electron chi connectivity index (χ3n) is 3.11. The van der Waals surface area contributed by atoms with E-state index in [1.807, 2.05) is 12.1 Å². The second-order valence-corrected chi connectivity index (χ2v) is 4.41. The molecule has 1 heterocycles. The lowest BCUT2D eigenvalue weighted by molar-refractivity contribution is -0.132. The van der Waals surface area contributed by atoms with Gasteiger partial charge in [0.05, 0.1) is 26.4 Å². The molecule has 3 heteroatoms. The molecule has 1 atom stereocenters. The summed E-state index contributed by atoms with van der Waals surface area (Å²) in [6.07, 6.45) is 2.05. The van der Waals surface area contributed by atoms with E-state index in [1.54, 1.807) is 14.2 Å². The van der Waals surface area contributed by atoms with Crippen molar-refractivity contribution >= 4 is 0 Å². The highest BCUT2D eigenvalue weighted by Crippen LogP contribution is 2.33. The lowest BCUT2D eigenvalue weighted by atomic mass is 9.89. The van der Waals surface area contributed by atoms with Crippen LogP contribution < -0.4 is 9.47 Å². The summed E-state index contributed by atoms with van der Waals surface area (Å²) in [5.74, 6) is 1.55. The van der Waals surface area contributed by atoms with Gasteiger partial charge in [-0.15, -0.1) is 0 Å². The molecule has 1 aromatic carbocycles. The second-order valence-electron chi connectivity index (χ2n) is 4.41. The second kappa shape index (κ2) is 4.34. The summed E-state index contributed by atoms with van der Waals surface area (Å²) in [5.41, 5.74) is 1.24. The average Bonchev–Trinajstić information content (AvgIpc) is 2.26. The van der Waals surface area contributed by atoms with Gasteiger partial charge in [0, 0.05) is 6.42 Å². The van der Waals surface area contributed by atoms with Crippen molar-refractivity contribution in [1.29, 1.82) is 0 Å². The van der Waals surface area contributed by atoms with E-state index in [1.165, 1.54) is 5.56 Å². The molecule has 0 aromatic heterocycles. The van der Waals surface area contributed by atoms with Gasteiger partial charge in [-0.1, -0.05) is 6.07 Å². The first-order valence-electron chi connectivity index (χ1n) is 5.52. The van der Waals surface area contributed by atoms with Crippen LogP contribution in [0.2, 0.25) is 0 Å². The zero-order chi connectivity index (χ0) is 11.6. The maximum Gasteiger partial charge on any atom is 0.160 e. The molecule has 1 aliphatic heterocycles. The van der Waals surface area contributed by atoms with Crippen LogP contribution in [0.15, 0.2) is 18.2 Å². The SMILES string of the molecule is COc1ccc(CC2(C)CCO2)cc1OC. The zero-order valence-corrected chi connectivity index (χ0v) is 10.1. The topological polar surface area (TPSA) is 27.7 Å². The molecule has 1 fully saturated rings. The molecule has 88 valence electrons. The van der Waals surface area contributed by atoms with Crippen molar-refractivity contribution in [1.82, 2.24) is 0 Å². The van der Waals surface area contributed by atoms with Crippen LogP contribution in [0.5, 0.6) is 11.5 Å². The van der Waals surface area contributed by atoms with Crippen molar-refractivity contribution in [2.24, 2.45) is 0 Å². The van der Waals surface area contributed by atoms with Crippen molar-refractivity contribution in [3.63, 3.8) is 0 Å². The first-order chi connectivity index (χ1) is 7.67. The third-order valence-corrected chi connectivity index (χ3v) is 3.11. The number of methoxy groups -OCH3 is 2. The number of ether oxygens (including phenoxy) is 3. The fourth-order valence-electron chi connectivity index (χ4n) is 2.01. The molecule has 0 N–H and O–H groups in total. The van der Waals surface area contributed by atoms with Crippen molar-refractivity contribution in [2.75, 3.05) is 20.8 Å². The zero-order valence-electron chi connectivity index (χ0n) is 10.1. The van der Waals surface area contributed by atoms with E-state index >= 15 is 0 Å². The van der Waals surface area contributed by atoms with Crippen molar-refractivity contribution in [2.45, 2.75) is 25.4 Å². The Balaban J connectivity index is 2.15. The van der Waals surface area contributed by atoms with Crippen LogP contribution in [0, 0.1) is 0 Å². The Morgan fingerprint density at radius 1 is 1.25 bits per heavy atom. The highest BCUT2D eigenvalue weighted by molar-refractivity contribution is 5.43. The van der Waals surface area contributed by atoms with Crippen molar-refractivity contribution < 1.29 is 14.2 Å². The van der Waals surface area contributed by atoms with Crippen LogP contribution >= 0.6 is 0 Å². The molecule has 0 spiro atoms. The minimum absolute atomic E-state index is 0.0135. The number of hydrogen-bond donors (Lipinski definition) is 0. The van der Waals surface area contributed by atoms with E-state index in [9.17, 15) is 0 Å². The highest BCUT2D eigenvalue weighted by Gasteiger charge is 2.33. The van der Waals surface area contributed by atoms with Crippen LogP contribution in [0.25, 0.3) is 0 Å². The summed E-state index contributed by atoms with van der Waals surface area (Å²) in [6, 6.07) is 6.02. The van der Waals surface area contributed by atoms with Crippen LogP contribution in [-0.4, -0.2) is 26.4 Å². The number of hydrogen-bond acceptors (Lipinski definition) is 3. The van der Waals surface area contributed by atoms with Crippen molar-refractivity contribution in [3.05, 3.63) is 23.8 Å². The maximum atomic E-state index is 5.58. The molecule has 0 bridgehead atoms. The molecule has 0 radical (unpaired) electrons. The number of benzene rings is 1. The van der Waals surface area contributed by atoms with Gasteiger partial charge in [0.1, 0.15) is 0 Å². The van der Waals surface area contributed by atoms with Gasteiger partial charge in [0.15, 0.2) is 11.5 Å². The van der Waals surface area contributed by atoms with Gasteiger partial charge in [-0.2, -0.15) is 0 Å². The normalized spacial score (nSPS) is 23.7. The van der Waals surface area contributed by atoms with Crippen LogP contribution in [0.3, 0.4) is 0 Å². The lowest BCUT2D eigenvalue weighted by Crippen LogP contribution is -2.42. The summed E-state index contributed by atoms with van der Waals surface area (Å²) in [5, 5.41) is 0. The average molecular weight is 222 g/mol. The van der Waals surface area contributed by atoms with E-state index in [-0.39, 0.29) is 5.60 Å². The maximum absolute atomic E-state index is 5.58. The summed E-state index contributed by atoms with van der Waals surface area (Å²) >= 11 is 0. The summed E-state index contributed by atoms with van der Waals surface area (Å²) < 4.78 is 16.1. The lowest BCUT2D eigenvalue weighted by Gasteiger charge is -2.38. The van der Waals surface area contributed by atoms with Crippen molar-refractivity contribution in [3.8, 4) is 11.5 Å². The summed E-state index contributed by atoms with van der Waals surface area (Å²) in [4.78, 5) is 0. The minimum atomic E-state index is 0.0135. The fourth-order valence-corrected chi connectivity index (χ4v) is 2.01. The highest BCUT2D eigenvalue weighted by atomic mass is 16.5. The van der Waals surface area contributed by atoms with Gasteiger partial charge < -0.3 is 14.2 Å². The van der Waals surface area contributed by atoms with E-state index in [0.29, 0.717) is 0 Å². The van der Waals surface area contributed by atoms with Crippen LogP contribution in [0.1, 0.15) is 18.9 Å². The molecule has 2 rings (SSSR count). The largest absolute Gasteiger partial charge is 0.493 e. The predicted octanol–water partition coefficient (Wildman–Crippen LogP) is 2.43. The van der Waals surface area contributed by atoms with Gasteiger partial charge in [-0.05, 0) is 31.0 Å². The van der Waals surface area contributed by atoms with E-state index < -0.39 is 0 Å². The Kier molecular flexibility index (Phi) is 3.06. The van der Waals surface area contributed by atoms with Crippen LogP contribution in [0.4, 0.5) is 0 Å². The predicted molar refractivity (Wildman–Crippen MR) is 62.2 cm³/mol. The van der Waals surface area contributed by atoms with Gasteiger partial charge >= 0.3 is 0 Å². The molecular weight excluding hydrogens is 204 g/mol. The van der Waals surface area contributed by atoms with Gasteiger partial charge in [0.2, 0.25) is 0 Å². The molecule has 0 saturated carbocycles. The Morgan fingerprint density at radius 2 is 1.94 bits per heavy atom. The monoisotopic (exact) mass is 222 g/mol. The van der Waals surface area contributed by atoms with Gasteiger partial charge in [-0.25, -0.2) is 0 Å². The van der Waals surface area contributed by atoms with E-state index in [4.69, 9.17) is 14.2 Å². The first-order valence-corrected chi connectivity index (χ1v) is 5.52. The fraction of sp³-hybridized carbons (Fsp3) is 0.538. The van der Waals surface area contributed by atoms with E-state index in [2.05, 4.69) is 13.0 Å². The molecule has 1 unspecified atom stereocenters. The molecule has 0 aliphatic carbocycles. The van der Waals surface area contributed by atoms with Crippen LogP contribution in [-0.2, 0) is 11.2 Å². The Bertz CT molecular complexity index is 369.